The van der Waals surface area contributed by atoms with E-state index in [1.54, 1.807) is 6.92 Å². The van der Waals surface area contributed by atoms with E-state index in [0.717, 1.165) is 16.3 Å². The molecule has 2 rings (SSSR count). The molecule has 0 aliphatic heterocycles. The number of halogens is 1. The van der Waals surface area contributed by atoms with Crippen LogP contribution in [0, 0.1) is 6.92 Å². The van der Waals surface area contributed by atoms with Crippen molar-refractivity contribution in [3.8, 4) is 0 Å². The van der Waals surface area contributed by atoms with Crippen molar-refractivity contribution in [2.45, 2.75) is 13.8 Å². The quantitative estimate of drug-likeness (QED) is 0.752. The van der Waals surface area contributed by atoms with E-state index in [-0.39, 0.29) is 5.97 Å². The van der Waals surface area contributed by atoms with Gasteiger partial charge in [-0.15, -0.1) is 0 Å². The molecule has 17 heavy (non-hydrogen) atoms. The second-order valence-electron chi connectivity index (χ2n) is 3.88. The largest absolute Gasteiger partial charge is 0.462 e. The monoisotopic (exact) mass is 248 g/mol. The van der Waals surface area contributed by atoms with Gasteiger partial charge in [0, 0.05) is 5.02 Å². The van der Waals surface area contributed by atoms with Gasteiger partial charge in [-0.25, -0.2) is 4.79 Å². The SMILES string of the molecule is CCOC(=O)c1cc(C)c2cc(Cl)ccc2c1. The highest BCUT2D eigenvalue weighted by molar-refractivity contribution is 6.31. The first-order chi connectivity index (χ1) is 8.11. The third kappa shape index (κ3) is 2.42. The number of aryl methyl sites for hydroxylation is 1. The minimum Gasteiger partial charge on any atom is -0.462 e. The molecule has 0 fully saturated rings. The molecule has 0 unspecified atom stereocenters. The maximum Gasteiger partial charge on any atom is 0.338 e. The van der Waals surface area contributed by atoms with Crippen LogP contribution in [0.3, 0.4) is 0 Å². The second-order valence-corrected chi connectivity index (χ2v) is 4.32. The molecule has 0 amide bonds. The van der Waals surface area contributed by atoms with E-state index in [9.17, 15) is 4.79 Å². The van der Waals surface area contributed by atoms with Crippen molar-refractivity contribution in [3.05, 3.63) is 46.5 Å². The zero-order chi connectivity index (χ0) is 12.4. The molecule has 0 aliphatic rings. The Hall–Kier alpha value is -1.54. The zero-order valence-electron chi connectivity index (χ0n) is 9.79. The lowest BCUT2D eigenvalue weighted by molar-refractivity contribution is 0.0526. The summed E-state index contributed by atoms with van der Waals surface area (Å²) in [6, 6.07) is 9.29. The van der Waals surface area contributed by atoms with E-state index in [1.807, 2.05) is 37.3 Å². The predicted octanol–water partition coefficient (Wildman–Crippen LogP) is 3.98. The molecule has 0 atom stereocenters. The molecule has 0 bridgehead atoms. The molecule has 0 aromatic heterocycles. The summed E-state index contributed by atoms with van der Waals surface area (Å²) >= 11 is 5.95. The van der Waals surface area contributed by atoms with E-state index in [2.05, 4.69) is 0 Å². The Morgan fingerprint density at radius 1 is 1.29 bits per heavy atom. The summed E-state index contributed by atoms with van der Waals surface area (Å²) in [5.41, 5.74) is 1.60. The maximum atomic E-state index is 11.7. The lowest BCUT2D eigenvalue weighted by atomic mass is 10.0. The number of ether oxygens (including phenoxy) is 1. The van der Waals surface area contributed by atoms with Gasteiger partial charge in [-0.05, 0) is 54.4 Å². The van der Waals surface area contributed by atoms with Gasteiger partial charge in [0.15, 0.2) is 0 Å². The van der Waals surface area contributed by atoms with Gasteiger partial charge in [0.1, 0.15) is 0 Å². The van der Waals surface area contributed by atoms with Crippen molar-refractivity contribution in [2.75, 3.05) is 6.61 Å². The highest BCUT2D eigenvalue weighted by atomic mass is 35.5. The fraction of sp³-hybridized carbons (Fsp3) is 0.214. The fourth-order valence-electron chi connectivity index (χ4n) is 1.85. The Balaban J connectivity index is 2.56. The summed E-state index contributed by atoms with van der Waals surface area (Å²) in [6.07, 6.45) is 0. The first-order valence-corrected chi connectivity index (χ1v) is 5.86. The summed E-state index contributed by atoms with van der Waals surface area (Å²) in [6.45, 7) is 4.14. The van der Waals surface area contributed by atoms with Crippen LogP contribution in [-0.2, 0) is 4.74 Å². The summed E-state index contributed by atoms with van der Waals surface area (Å²) in [5, 5.41) is 2.76. The van der Waals surface area contributed by atoms with Crippen molar-refractivity contribution in [1.82, 2.24) is 0 Å². The van der Waals surface area contributed by atoms with Gasteiger partial charge >= 0.3 is 5.97 Å². The van der Waals surface area contributed by atoms with Gasteiger partial charge < -0.3 is 4.74 Å². The number of carbonyl (C=O) groups is 1. The smallest absolute Gasteiger partial charge is 0.338 e. The van der Waals surface area contributed by atoms with Crippen LogP contribution < -0.4 is 0 Å². The summed E-state index contributed by atoms with van der Waals surface area (Å²) in [7, 11) is 0. The van der Waals surface area contributed by atoms with Crippen LogP contribution in [0.2, 0.25) is 5.02 Å². The minimum atomic E-state index is -0.285. The molecule has 0 aliphatic carbocycles. The number of fused-ring (bicyclic) bond motifs is 1. The fourth-order valence-corrected chi connectivity index (χ4v) is 2.02. The third-order valence-electron chi connectivity index (χ3n) is 2.63. The molecule has 2 aromatic carbocycles. The van der Waals surface area contributed by atoms with Gasteiger partial charge in [0.25, 0.3) is 0 Å². The average Bonchev–Trinajstić information content (AvgIpc) is 2.30. The third-order valence-corrected chi connectivity index (χ3v) is 2.87. The molecular formula is C14H13ClO2. The Kier molecular flexibility index (Phi) is 3.34. The first kappa shape index (κ1) is 11.9. The zero-order valence-corrected chi connectivity index (χ0v) is 10.5. The molecule has 0 saturated heterocycles. The lowest BCUT2D eigenvalue weighted by Crippen LogP contribution is -2.04. The molecule has 0 heterocycles. The average molecular weight is 249 g/mol. The van der Waals surface area contributed by atoms with E-state index in [0.29, 0.717) is 17.2 Å². The molecule has 0 radical (unpaired) electrons. The van der Waals surface area contributed by atoms with Crippen LogP contribution >= 0.6 is 11.6 Å². The van der Waals surface area contributed by atoms with E-state index >= 15 is 0 Å². The number of benzene rings is 2. The molecule has 0 spiro atoms. The summed E-state index contributed by atoms with van der Waals surface area (Å²) in [5.74, 6) is -0.285. The van der Waals surface area contributed by atoms with Crippen LogP contribution in [0.15, 0.2) is 30.3 Å². The van der Waals surface area contributed by atoms with Gasteiger partial charge in [-0.1, -0.05) is 17.7 Å². The molecule has 3 heteroatoms. The molecular weight excluding hydrogens is 236 g/mol. The molecule has 2 nitrogen and oxygen atoms in total. The number of hydrogen-bond donors (Lipinski definition) is 0. The molecule has 0 saturated carbocycles. The molecule has 0 N–H and O–H groups in total. The van der Waals surface area contributed by atoms with Crippen LogP contribution in [0.4, 0.5) is 0 Å². The number of rotatable bonds is 2. The van der Waals surface area contributed by atoms with Gasteiger partial charge in [0.2, 0.25) is 0 Å². The normalized spacial score (nSPS) is 10.5. The van der Waals surface area contributed by atoms with E-state index in [1.165, 1.54) is 0 Å². The summed E-state index contributed by atoms with van der Waals surface area (Å²) < 4.78 is 4.99. The Bertz CT molecular complexity index is 576. The van der Waals surface area contributed by atoms with Gasteiger partial charge in [-0.2, -0.15) is 0 Å². The Morgan fingerprint density at radius 3 is 2.76 bits per heavy atom. The Labute approximate surface area is 105 Å². The predicted molar refractivity (Wildman–Crippen MR) is 69.7 cm³/mol. The topological polar surface area (TPSA) is 26.3 Å². The second kappa shape index (κ2) is 4.76. The molecule has 88 valence electrons. The van der Waals surface area contributed by atoms with E-state index < -0.39 is 0 Å². The maximum absolute atomic E-state index is 11.7. The lowest BCUT2D eigenvalue weighted by Gasteiger charge is -2.07. The number of esters is 1. The van der Waals surface area contributed by atoms with Gasteiger partial charge in [0.05, 0.1) is 12.2 Å². The molecule has 2 aromatic rings. The van der Waals surface area contributed by atoms with Crippen LogP contribution in [0.5, 0.6) is 0 Å². The first-order valence-electron chi connectivity index (χ1n) is 5.49. The number of hydrogen-bond acceptors (Lipinski definition) is 2. The van der Waals surface area contributed by atoms with E-state index in [4.69, 9.17) is 16.3 Å². The summed E-state index contributed by atoms with van der Waals surface area (Å²) in [4.78, 5) is 11.7. The highest BCUT2D eigenvalue weighted by Crippen LogP contribution is 2.24. The standard InChI is InChI=1S/C14H13ClO2/c1-3-17-14(16)11-6-9(2)13-8-12(15)5-4-10(13)7-11/h4-8H,3H2,1-2H3. The van der Waals surface area contributed by atoms with Crippen molar-refractivity contribution >= 4 is 28.3 Å². The van der Waals surface area contributed by atoms with Crippen LogP contribution in [0.25, 0.3) is 10.8 Å². The van der Waals surface area contributed by atoms with Crippen LogP contribution in [0.1, 0.15) is 22.8 Å². The van der Waals surface area contributed by atoms with Crippen molar-refractivity contribution < 1.29 is 9.53 Å². The minimum absolute atomic E-state index is 0.285. The Morgan fingerprint density at radius 2 is 2.06 bits per heavy atom. The number of carbonyl (C=O) groups excluding carboxylic acids is 1. The van der Waals surface area contributed by atoms with Crippen molar-refractivity contribution in [3.63, 3.8) is 0 Å². The van der Waals surface area contributed by atoms with Crippen LogP contribution in [-0.4, -0.2) is 12.6 Å². The van der Waals surface area contributed by atoms with Crippen molar-refractivity contribution in [2.24, 2.45) is 0 Å². The van der Waals surface area contributed by atoms with Crippen molar-refractivity contribution in [1.29, 1.82) is 0 Å². The highest BCUT2D eigenvalue weighted by Gasteiger charge is 2.09. The van der Waals surface area contributed by atoms with Gasteiger partial charge in [-0.3, -0.25) is 0 Å².